The van der Waals surface area contributed by atoms with Crippen LogP contribution in [0.4, 0.5) is 0 Å². The molecule has 1 atom stereocenters. The van der Waals surface area contributed by atoms with Gasteiger partial charge in [-0.1, -0.05) is 25.1 Å². The topological polar surface area (TPSA) is 59.4 Å². The van der Waals surface area contributed by atoms with Crippen LogP contribution in [-0.2, 0) is 0 Å². The molecule has 1 aromatic carbocycles. The summed E-state index contributed by atoms with van der Waals surface area (Å²) in [4.78, 5) is 14.9. The van der Waals surface area contributed by atoms with Crippen LogP contribution in [0, 0.1) is 5.92 Å². The molecule has 1 aliphatic heterocycles. The molecule has 1 aromatic heterocycles. The molecule has 6 nitrogen and oxygen atoms in total. The Hall–Kier alpha value is -2.34. The van der Waals surface area contributed by atoms with Crippen LogP contribution >= 0.6 is 0 Å². The Bertz CT molecular complexity index is 699. The van der Waals surface area contributed by atoms with Crippen LogP contribution in [-0.4, -0.2) is 53.9 Å². The lowest BCUT2D eigenvalue weighted by Crippen LogP contribution is -2.40. The summed E-state index contributed by atoms with van der Waals surface area (Å²) in [5.74, 6) is 1.02. The third-order valence-electron chi connectivity index (χ3n) is 4.59. The van der Waals surface area contributed by atoms with Gasteiger partial charge < -0.3 is 15.0 Å². The van der Waals surface area contributed by atoms with Gasteiger partial charge in [0.1, 0.15) is 0 Å². The van der Waals surface area contributed by atoms with Crippen molar-refractivity contribution in [3.63, 3.8) is 0 Å². The molecule has 6 heteroatoms. The highest BCUT2D eigenvalue weighted by Gasteiger charge is 2.19. The summed E-state index contributed by atoms with van der Waals surface area (Å²) in [6.07, 6.45) is 4.28. The zero-order valence-electron chi connectivity index (χ0n) is 14.9. The lowest BCUT2D eigenvalue weighted by Gasteiger charge is -2.30. The van der Waals surface area contributed by atoms with Gasteiger partial charge in [0.15, 0.2) is 11.4 Å². The Kier molecular flexibility index (Phi) is 5.71. The first-order valence-corrected chi connectivity index (χ1v) is 8.87. The fourth-order valence-electron chi connectivity index (χ4n) is 3.28. The first kappa shape index (κ1) is 17.5. The zero-order chi connectivity index (χ0) is 17.6. The molecule has 0 unspecified atom stereocenters. The van der Waals surface area contributed by atoms with Gasteiger partial charge in [0.05, 0.1) is 19.0 Å². The number of nitrogens with zero attached hydrogens (tertiary/aromatic N) is 3. The van der Waals surface area contributed by atoms with Gasteiger partial charge in [-0.15, -0.1) is 0 Å². The van der Waals surface area contributed by atoms with E-state index in [1.54, 1.807) is 18.0 Å². The number of ether oxygens (including phenoxy) is 1. The maximum Gasteiger partial charge on any atom is 0.275 e. The second-order valence-electron chi connectivity index (χ2n) is 6.63. The van der Waals surface area contributed by atoms with Gasteiger partial charge in [-0.25, -0.2) is 4.68 Å². The van der Waals surface area contributed by atoms with E-state index in [9.17, 15) is 4.79 Å². The van der Waals surface area contributed by atoms with Crippen molar-refractivity contribution in [3.8, 4) is 11.4 Å². The highest BCUT2D eigenvalue weighted by Crippen LogP contribution is 2.19. The molecule has 25 heavy (non-hydrogen) atoms. The molecule has 0 aliphatic carbocycles. The van der Waals surface area contributed by atoms with Crippen molar-refractivity contribution < 1.29 is 9.53 Å². The van der Waals surface area contributed by atoms with Crippen molar-refractivity contribution in [2.45, 2.75) is 19.8 Å². The lowest BCUT2D eigenvalue weighted by atomic mass is 10.0. The number of para-hydroxylation sites is 1. The van der Waals surface area contributed by atoms with Crippen LogP contribution < -0.4 is 10.1 Å². The van der Waals surface area contributed by atoms with E-state index in [4.69, 9.17) is 4.74 Å². The van der Waals surface area contributed by atoms with Crippen LogP contribution in [0.3, 0.4) is 0 Å². The normalized spacial score (nSPS) is 18.1. The largest absolute Gasteiger partial charge is 0.493 e. The molecule has 0 bridgehead atoms. The van der Waals surface area contributed by atoms with E-state index in [0.717, 1.165) is 31.2 Å². The van der Waals surface area contributed by atoms with E-state index in [-0.39, 0.29) is 5.91 Å². The maximum absolute atomic E-state index is 12.5. The van der Waals surface area contributed by atoms with Crippen molar-refractivity contribution in [2.75, 3.05) is 33.3 Å². The number of rotatable bonds is 6. The zero-order valence-corrected chi connectivity index (χ0v) is 14.9. The maximum atomic E-state index is 12.5. The molecular formula is C19H26N4O2. The monoisotopic (exact) mass is 342 g/mol. The van der Waals surface area contributed by atoms with Gasteiger partial charge in [0.2, 0.25) is 0 Å². The Morgan fingerprint density at radius 2 is 2.16 bits per heavy atom. The summed E-state index contributed by atoms with van der Waals surface area (Å²) in [5.41, 5.74) is 1.21. The Labute approximate surface area is 148 Å². The fourth-order valence-corrected chi connectivity index (χ4v) is 3.28. The molecule has 2 aromatic rings. The van der Waals surface area contributed by atoms with Gasteiger partial charge >= 0.3 is 0 Å². The highest BCUT2D eigenvalue weighted by molar-refractivity contribution is 5.94. The fraction of sp³-hybridized carbons (Fsp3) is 0.474. The first-order valence-electron chi connectivity index (χ1n) is 8.87. The van der Waals surface area contributed by atoms with Crippen LogP contribution in [0.2, 0.25) is 0 Å². The Balaban J connectivity index is 1.60. The number of methoxy groups -OCH3 is 1. The van der Waals surface area contributed by atoms with Gasteiger partial charge in [0.25, 0.3) is 5.91 Å². The van der Waals surface area contributed by atoms with Gasteiger partial charge in [-0.2, -0.15) is 5.10 Å². The van der Waals surface area contributed by atoms with Gasteiger partial charge in [-0.05, 0) is 37.4 Å². The summed E-state index contributed by atoms with van der Waals surface area (Å²) in [5, 5.41) is 7.36. The molecule has 1 saturated heterocycles. The van der Waals surface area contributed by atoms with E-state index in [1.165, 1.54) is 12.8 Å². The number of piperidine rings is 1. The van der Waals surface area contributed by atoms with E-state index < -0.39 is 0 Å². The third-order valence-corrected chi connectivity index (χ3v) is 4.59. The molecular weight excluding hydrogens is 316 g/mol. The molecule has 1 amide bonds. The quantitative estimate of drug-likeness (QED) is 0.875. The van der Waals surface area contributed by atoms with E-state index in [1.807, 2.05) is 30.3 Å². The molecule has 1 N–H and O–H groups in total. The number of likely N-dealkylation sites (tertiary alicyclic amines) is 1. The molecule has 0 spiro atoms. The molecule has 0 radical (unpaired) electrons. The van der Waals surface area contributed by atoms with Crippen molar-refractivity contribution in [1.82, 2.24) is 20.0 Å². The molecule has 1 aliphatic rings. The number of carbonyl (C=O) groups excluding carboxylic acids is 1. The minimum atomic E-state index is -0.198. The van der Waals surface area contributed by atoms with Crippen LogP contribution in [0.15, 0.2) is 36.5 Å². The summed E-state index contributed by atoms with van der Waals surface area (Å²) >= 11 is 0. The minimum Gasteiger partial charge on any atom is -0.493 e. The summed E-state index contributed by atoms with van der Waals surface area (Å²) < 4.78 is 6.99. The lowest BCUT2D eigenvalue weighted by molar-refractivity contribution is 0.0935. The van der Waals surface area contributed by atoms with E-state index in [0.29, 0.717) is 18.0 Å². The van der Waals surface area contributed by atoms with Crippen molar-refractivity contribution in [2.24, 2.45) is 5.92 Å². The van der Waals surface area contributed by atoms with Crippen molar-refractivity contribution >= 4 is 5.91 Å². The summed E-state index contributed by atoms with van der Waals surface area (Å²) in [6.45, 7) is 6.00. The predicted octanol–water partition coefficient (Wildman–Crippen LogP) is 2.34. The average Bonchev–Trinajstić information content (AvgIpc) is 3.07. The standard InChI is InChI=1S/C19H26N4O2/c1-15-7-6-11-22(13-15)12-10-20-19(24)18-17(25-2)14-23(21-18)16-8-4-3-5-9-16/h3-5,8-9,14-15H,6-7,10-13H2,1-2H3,(H,20,24)/t15-/m0/s1. The van der Waals surface area contributed by atoms with E-state index in [2.05, 4.69) is 22.2 Å². The number of nitrogens with one attached hydrogen (secondary N) is 1. The van der Waals surface area contributed by atoms with Crippen LogP contribution in [0.25, 0.3) is 5.69 Å². The number of benzene rings is 1. The Morgan fingerprint density at radius 1 is 1.36 bits per heavy atom. The van der Waals surface area contributed by atoms with Crippen molar-refractivity contribution in [1.29, 1.82) is 0 Å². The summed E-state index contributed by atoms with van der Waals surface area (Å²) in [7, 11) is 1.55. The molecule has 1 fully saturated rings. The first-order chi connectivity index (χ1) is 12.2. The number of hydrogen-bond donors (Lipinski definition) is 1. The Morgan fingerprint density at radius 3 is 2.88 bits per heavy atom. The predicted molar refractivity (Wildman–Crippen MR) is 97.3 cm³/mol. The molecule has 0 saturated carbocycles. The van der Waals surface area contributed by atoms with Gasteiger partial charge in [0, 0.05) is 19.6 Å². The highest BCUT2D eigenvalue weighted by atomic mass is 16.5. The number of carbonyl (C=O) groups is 1. The SMILES string of the molecule is COc1cn(-c2ccccc2)nc1C(=O)NCCN1CCC[C@H](C)C1. The second-order valence-corrected chi connectivity index (χ2v) is 6.63. The molecule has 3 rings (SSSR count). The second kappa shape index (κ2) is 8.16. The smallest absolute Gasteiger partial charge is 0.275 e. The number of aromatic nitrogens is 2. The van der Waals surface area contributed by atoms with Crippen molar-refractivity contribution in [3.05, 3.63) is 42.2 Å². The van der Waals surface area contributed by atoms with Gasteiger partial charge in [-0.3, -0.25) is 4.79 Å². The number of hydrogen-bond acceptors (Lipinski definition) is 4. The van der Waals surface area contributed by atoms with Crippen LogP contribution in [0.5, 0.6) is 5.75 Å². The summed E-state index contributed by atoms with van der Waals surface area (Å²) in [6, 6.07) is 9.68. The minimum absolute atomic E-state index is 0.198. The molecule has 134 valence electrons. The molecule has 2 heterocycles. The van der Waals surface area contributed by atoms with Crippen LogP contribution in [0.1, 0.15) is 30.3 Å². The average molecular weight is 342 g/mol. The third kappa shape index (κ3) is 4.39. The number of amides is 1. The van der Waals surface area contributed by atoms with E-state index >= 15 is 0 Å².